The minimum Gasteiger partial charge on any atom is -0.462 e. The van der Waals surface area contributed by atoms with Gasteiger partial charge in [0.2, 0.25) is 0 Å². The Balaban J connectivity index is 4.48. The Hall–Kier alpha value is -3.41. The van der Waals surface area contributed by atoms with Crippen LogP contribution >= 0.6 is 0 Å². The summed E-state index contributed by atoms with van der Waals surface area (Å²) in [4.78, 5) is 37.9. The fourth-order valence-corrected chi connectivity index (χ4v) is 6.93. The molecule has 0 rings (SSSR count). The average molecular weight is 863 g/mol. The highest BCUT2D eigenvalue weighted by molar-refractivity contribution is 5.71. The molecule has 1 unspecified atom stereocenters. The van der Waals surface area contributed by atoms with Gasteiger partial charge in [-0.2, -0.15) is 0 Å². The van der Waals surface area contributed by atoms with Gasteiger partial charge in [-0.15, -0.1) is 0 Å². The molecule has 0 heterocycles. The first-order valence-corrected chi connectivity index (χ1v) is 25.7. The summed E-state index contributed by atoms with van der Waals surface area (Å²) in [6, 6.07) is 0. The van der Waals surface area contributed by atoms with Gasteiger partial charge in [0.1, 0.15) is 13.2 Å². The van der Waals surface area contributed by atoms with Gasteiger partial charge in [-0.3, -0.25) is 14.4 Å². The number of hydrogen-bond donors (Lipinski definition) is 0. The zero-order valence-corrected chi connectivity index (χ0v) is 40.4. The van der Waals surface area contributed by atoms with Gasteiger partial charge >= 0.3 is 17.9 Å². The first-order valence-electron chi connectivity index (χ1n) is 25.7. The molecule has 0 saturated heterocycles. The Labute approximate surface area is 382 Å². The summed E-state index contributed by atoms with van der Waals surface area (Å²) in [5.74, 6) is -0.991. The molecule has 0 spiro atoms. The molecule has 1 atom stereocenters. The highest BCUT2D eigenvalue weighted by atomic mass is 16.6. The van der Waals surface area contributed by atoms with Gasteiger partial charge in [0.05, 0.1) is 0 Å². The van der Waals surface area contributed by atoms with Gasteiger partial charge in [-0.1, -0.05) is 241 Å². The molecule has 0 aliphatic rings. The monoisotopic (exact) mass is 863 g/mol. The number of esters is 3. The van der Waals surface area contributed by atoms with Crippen molar-refractivity contribution in [2.75, 3.05) is 13.2 Å². The van der Waals surface area contributed by atoms with E-state index >= 15 is 0 Å². The molecule has 0 aromatic heterocycles. The molecule has 0 aromatic carbocycles. The SMILES string of the molecule is CC\C=C/C=C\C=C/C=C\C=C/CCCC(=O)OCC(COC(=O)CCCCCCCCCCCCCCCCCC)OC(=O)CCCCCCCC/C=C\C=C/CCCCC. The van der Waals surface area contributed by atoms with Crippen LogP contribution in [0.5, 0.6) is 0 Å². The van der Waals surface area contributed by atoms with Crippen LogP contribution in [0.3, 0.4) is 0 Å². The van der Waals surface area contributed by atoms with Crippen LogP contribution in [-0.4, -0.2) is 37.2 Å². The zero-order chi connectivity index (χ0) is 45.1. The number of unbranched alkanes of at least 4 members (excludes halogenated alkanes) is 25. The van der Waals surface area contributed by atoms with Crippen molar-refractivity contribution in [3.63, 3.8) is 0 Å². The third-order valence-corrected chi connectivity index (χ3v) is 10.8. The van der Waals surface area contributed by atoms with Crippen molar-refractivity contribution < 1.29 is 28.6 Å². The quantitative estimate of drug-likeness (QED) is 0.0263. The highest BCUT2D eigenvalue weighted by Crippen LogP contribution is 2.15. The van der Waals surface area contributed by atoms with E-state index in [1.807, 2.05) is 54.7 Å². The van der Waals surface area contributed by atoms with E-state index in [0.717, 1.165) is 64.2 Å². The lowest BCUT2D eigenvalue weighted by molar-refractivity contribution is -0.167. The average Bonchev–Trinajstić information content (AvgIpc) is 3.27. The maximum atomic E-state index is 12.8. The predicted octanol–water partition coefficient (Wildman–Crippen LogP) is 16.8. The van der Waals surface area contributed by atoms with E-state index in [-0.39, 0.29) is 37.5 Å². The van der Waals surface area contributed by atoms with Crippen LogP contribution in [0.25, 0.3) is 0 Å². The van der Waals surface area contributed by atoms with Crippen molar-refractivity contribution >= 4 is 17.9 Å². The Morgan fingerprint density at radius 2 is 0.645 bits per heavy atom. The Morgan fingerprint density at radius 1 is 0.339 bits per heavy atom. The Kier molecular flexibility index (Phi) is 47.5. The molecule has 0 radical (unpaired) electrons. The molecule has 0 aliphatic heterocycles. The number of carbonyl (C=O) groups excluding carboxylic acids is 3. The van der Waals surface area contributed by atoms with E-state index in [1.165, 1.54) is 122 Å². The van der Waals surface area contributed by atoms with E-state index in [2.05, 4.69) is 51.2 Å². The summed E-state index contributed by atoms with van der Waals surface area (Å²) in [6.45, 7) is 6.39. The van der Waals surface area contributed by atoms with Crippen LogP contribution in [0.2, 0.25) is 0 Å². The fraction of sp³-hybridized carbons (Fsp3) is 0.696. The van der Waals surface area contributed by atoms with Gasteiger partial charge in [-0.05, 0) is 57.8 Å². The molecule has 0 bridgehead atoms. The minimum absolute atomic E-state index is 0.103. The van der Waals surface area contributed by atoms with E-state index in [1.54, 1.807) is 0 Å². The van der Waals surface area contributed by atoms with Crippen LogP contribution in [0.1, 0.15) is 233 Å². The van der Waals surface area contributed by atoms with Crippen LogP contribution < -0.4 is 0 Å². The number of allylic oxidation sites excluding steroid dienone is 14. The first-order chi connectivity index (χ1) is 30.5. The van der Waals surface area contributed by atoms with Crippen molar-refractivity contribution in [3.8, 4) is 0 Å². The van der Waals surface area contributed by atoms with Crippen LogP contribution in [0, 0.1) is 0 Å². The second-order valence-electron chi connectivity index (χ2n) is 16.9. The van der Waals surface area contributed by atoms with Crippen molar-refractivity contribution in [1.29, 1.82) is 0 Å². The maximum Gasteiger partial charge on any atom is 0.306 e. The summed E-state index contributed by atoms with van der Waals surface area (Å²) in [7, 11) is 0. The highest BCUT2D eigenvalue weighted by Gasteiger charge is 2.19. The first kappa shape index (κ1) is 58.6. The topological polar surface area (TPSA) is 78.9 Å². The van der Waals surface area contributed by atoms with Gasteiger partial charge < -0.3 is 14.2 Å². The molecule has 0 N–H and O–H groups in total. The molecule has 0 amide bonds. The molecule has 0 aromatic rings. The summed E-state index contributed by atoms with van der Waals surface area (Å²) in [6.07, 6.45) is 64.3. The normalized spacial score (nSPS) is 12.8. The molecule has 0 fully saturated rings. The third-order valence-electron chi connectivity index (χ3n) is 10.8. The second kappa shape index (κ2) is 50.2. The molecule has 0 saturated carbocycles. The minimum atomic E-state index is -0.809. The molecule has 6 nitrogen and oxygen atoms in total. The number of rotatable bonds is 45. The van der Waals surface area contributed by atoms with Crippen LogP contribution in [0.15, 0.2) is 85.1 Å². The number of ether oxygens (including phenoxy) is 3. The summed E-state index contributed by atoms with van der Waals surface area (Å²) >= 11 is 0. The van der Waals surface area contributed by atoms with E-state index in [0.29, 0.717) is 19.3 Å². The largest absolute Gasteiger partial charge is 0.462 e. The van der Waals surface area contributed by atoms with Gasteiger partial charge in [0, 0.05) is 19.3 Å². The van der Waals surface area contributed by atoms with Gasteiger partial charge in [0.15, 0.2) is 6.10 Å². The van der Waals surface area contributed by atoms with E-state index < -0.39 is 6.10 Å². The smallest absolute Gasteiger partial charge is 0.306 e. The number of carbonyl (C=O) groups is 3. The summed E-state index contributed by atoms with van der Waals surface area (Å²) in [5.41, 5.74) is 0. The molecule has 354 valence electrons. The van der Waals surface area contributed by atoms with Crippen molar-refractivity contribution in [2.45, 2.75) is 239 Å². The Morgan fingerprint density at radius 3 is 1.10 bits per heavy atom. The van der Waals surface area contributed by atoms with E-state index in [9.17, 15) is 14.4 Å². The summed E-state index contributed by atoms with van der Waals surface area (Å²) in [5, 5.41) is 0. The molecule has 0 aliphatic carbocycles. The van der Waals surface area contributed by atoms with Crippen molar-refractivity contribution in [3.05, 3.63) is 85.1 Å². The van der Waals surface area contributed by atoms with Crippen LogP contribution in [-0.2, 0) is 28.6 Å². The zero-order valence-electron chi connectivity index (χ0n) is 40.4. The lowest BCUT2D eigenvalue weighted by Gasteiger charge is -2.18. The molecule has 62 heavy (non-hydrogen) atoms. The third kappa shape index (κ3) is 47.6. The lowest BCUT2D eigenvalue weighted by atomic mass is 10.0. The van der Waals surface area contributed by atoms with Crippen LogP contribution in [0.4, 0.5) is 0 Å². The van der Waals surface area contributed by atoms with Gasteiger partial charge in [-0.25, -0.2) is 0 Å². The second-order valence-corrected chi connectivity index (χ2v) is 16.9. The summed E-state index contributed by atoms with van der Waals surface area (Å²) < 4.78 is 16.7. The molecule has 6 heteroatoms. The predicted molar refractivity (Wildman–Crippen MR) is 265 cm³/mol. The molecular weight excluding hydrogens is 769 g/mol. The van der Waals surface area contributed by atoms with E-state index in [4.69, 9.17) is 14.2 Å². The molecular formula is C56H94O6. The standard InChI is InChI=1S/C56H94O6/c1-4-7-10-13-16-19-22-25-27-29-31-34-37-40-43-46-49-55(58)61-52-53(51-60-54(57)48-45-42-39-36-33-30-24-21-18-15-12-9-6-3)62-56(59)50-47-44-41-38-35-32-28-26-23-20-17-14-11-8-5-2/h9,12,15,17-18,20-21,23-24,26,30,33,36,39,53H,4-8,10-11,13-14,16,19,22,25,27-29,31-32,34-35,37-38,40-52H2,1-3H3/b12-9-,18-15-,20-17-,24-21-,26-23-,33-30-,39-36-. The Bertz CT molecular complexity index is 1220. The van der Waals surface area contributed by atoms with Crippen molar-refractivity contribution in [2.24, 2.45) is 0 Å². The fourth-order valence-electron chi connectivity index (χ4n) is 6.93. The lowest BCUT2D eigenvalue weighted by Crippen LogP contribution is -2.30. The maximum absolute atomic E-state index is 12.8. The number of hydrogen-bond acceptors (Lipinski definition) is 6. The van der Waals surface area contributed by atoms with Gasteiger partial charge in [0.25, 0.3) is 0 Å². The van der Waals surface area contributed by atoms with Crippen molar-refractivity contribution in [1.82, 2.24) is 0 Å².